The number of rotatable bonds is 6. The molecule has 2 N–H and O–H groups in total. The Kier molecular flexibility index (Phi) is 5.15. The van der Waals surface area contributed by atoms with Crippen molar-refractivity contribution >= 4 is 23.2 Å². The first-order chi connectivity index (χ1) is 10.4. The standard InChI is InChI=1S/C15H20ClN5O/c1-4-15(2,3)18-8-14(22)20-12-7-11(16)5-6-13(12)21-10-17-9-19-21/h5-7,9-10,18H,4,8H2,1-3H3,(H,20,22). The molecular weight excluding hydrogens is 302 g/mol. The first kappa shape index (κ1) is 16.5. The topological polar surface area (TPSA) is 71.8 Å². The molecule has 0 saturated heterocycles. The highest BCUT2D eigenvalue weighted by Crippen LogP contribution is 2.23. The lowest BCUT2D eigenvalue weighted by Gasteiger charge is -2.24. The van der Waals surface area contributed by atoms with Crippen LogP contribution in [0.3, 0.4) is 0 Å². The Labute approximate surface area is 134 Å². The van der Waals surface area contributed by atoms with Crippen molar-refractivity contribution < 1.29 is 4.79 Å². The van der Waals surface area contributed by atoms with Gasteiger partial charge in [0.2, 0.25) is 5.91 Å². The van der Waals surface area contributed by atoms with E-state index < -0.39 is 0 Å². The summed E-state index contributed by atoms with van der Waals surface area (Å²) in [5.41, 5.74) is 1.23. The van der Waals surface area contributed by atoms with Crippen molar-refractivity contribution in [3.63, 3.8) is 0 Å². The second-order valence-electron chi connectivity index (χ2n) is 5.64. The minimum absolute atomic E-state index is 0.0829. The van der Waals surface area contributed by atoms with E-state index in [0.29, 0.717) is 16.4 Å². The van der Waals surface area contributed by atoms with Crippen molar-refractivity contribution in [1.82, 2.24) is 20.1 Å². The Hall–Kier alpha value is -1.92. The highest BCUT2D eigenvalue weighted by Gasteiger charge is 2.16. The SMILES string of the molecule is CCC(C)(C)NCC(=O)Nc1cc(Cl)ccc1-n1cncn1. The van der Waals surface area contributed by atoms with Crippen molar-refractivity contribution in [3.8, 4) is 5.69 Å². The maximum atomic E-state index is 12.1. The Morgan fingerprint density at radius 3 is 2.82 bits per heavy atom. The Bertz CT molecular complexity index is 639. The zero-order chi connectivity index (χ0) is 16.2. The van der Waals surface area contributed by atoms with Gasteiger partial charge in [-0.2, -0.15) is 5.10 Å². The van der Waals surface area contributed by atoms with Crippen LogP contribution in [0.5, 0.6) is 0 Å². The minimum Gasteiger partial charge on any atom is -0.323 e. The molecule has 7 heteroatoms. The van der Waals surface area contributed by atoms with Gasteiger partial charge in [0.05, 0.1) is 17.9 Å². The lowest BCUT2D eigenvalue weighted by atomic mass is 10.0. The summed E-state index contributed by atoms with van der Waals surface area (Å²) in [6.07, 6.45) is 3.94. The van der Waals surface area contributed by atoms with Gasteiger partial charge in [-0.3, -0.25) is 4.79 Å². The van der Waals surface area contributed by atoms with E-state index in [1.54, 1.807) is 29.2 Å². The van der Waals surface area contributed by atoms with Crippen LogP contribution < -0.4 is 10.6 Å². The molecule has 0 atom stereocenters. The zero-order valence-electron chi connectivity index (χ0n) is 12.9. The third-order valence-corrected chi connectivity index (χ3v) is 3.74. The summed E-state index contributed by atoms with van der Waals surface area (Å²) >= 11 is 6.02. The molecule has 118 valence electrons. The maximum Gasteiger partial charge on any atom is 0.238 e. The molecule has 1 aromatic carbocycles. The lowest BCUT2D eigenvalue weighted by Crippen LogP contribution is -2.43. The van der Waals surface area contributed by atoms with Crippen LogP contribution in [0, 0.1) is 0 Å². The predicted octanol–water partition coefficient (Wildman–Crippen LogP) is 2.64. The number of benzene rings is 1. The van der Waals surface area contributed by atoms with E-state index in [2.05, 4.69) is 41.5 Å². The molecule has 0 saturated carbocycles. The predicted molar refractivity (Wildman–Crippen MR) is 87.4 cm³/mol. The number of amides is 1. The fourth-order valence-electron chi connectivity index (χ4n) is 1.78. The molecule has 0 fully saturated rings. The number of aromatic nitrogens is 3. The number of nitrogens with zero attached hydrogens (tertiary/aromatic N) is 3. The highest BCUT2D eigenvalue weighted by molar-refractivity contribution is 6.31. The smallest absolute Gasteiger partial charge is 0.238 e. The van der Waals surface area contributed by atoms with E-state index >= 15 is 0 Å². The largest absolute Gasteiger partial charge is 0.323 e. The molecule has 1 heterocycles. The van der Waals surface area contributed by atoms with Crippen LogP contribution in [0.4, 0.5) is 5.69 Å². The summed E-state index contributed by atoms with van der Waals surface area (Å²) in [5.74, 6) is -0.134. The Morgan fingerprint density at radius 2 is 2.18 bits per heavy atom. The summed E-state index contributed by atoms with van der Waals surface area (Å²) in [6.45, 7) is 6.41. The van der Waals surface area contributed by atoms with Crippen LogP contribution in [-0.4, -0.2) is 32.8 Å². The molecule has 2 aromatic rings. The molecule has 0 spiro atoms. The van der Waals surface area contributed by atoms with Crippen LogP contribution in [0.15, 0.2) is 30.9 Å². The van der Waals surface area contributed by atoms with Gasteiger partial charge in [0.25, 0.3) is 0 Å². The summed E-state index contributed by atoms with van der Waals surface area (Å²) < 4.78 is 1.58. The van der Waals surface area contributed by atoms with Gasteiger partial charge in [-0.05, 0) is 38.5 Å². The average molecular weight is 322 g/mol. The molecule has 1 aromatic heterocycles. The second kappa shape index (κ2) is 6.89. The van der Waals surface area contributed by atoms with E-state index in [1.807, 2.05) is 0 Å². The fraction of sp³-hybridized carbons (Fsp3) is 0.400. The minimum atomic E-state index is -0.134. The molecule has 0 bridgehead atoms. The summed E-state index contributed by atoms with van der Waals surface area (Å²) in [7, 11) is 0. The summed E-state index contributed by atoms with van der Waals surface area (Å²) in [5, 5.41) is 10.7. The monoisotopic (exact) mass is 321 g/mol. The van der Waals surface area contributed by atoms with Crippen molar-refractivity contribution in [2.75, 3.05) is 11.9 Å². The molecule has 0 radical (unpaired) electrons. The zero-order valence-corrected chi connectivity index (χ0v) is 13.7. The first-order valence-corrected chi connectivity index (χ1v) is 7.48. The van der Waals surface area contributed by atoms with Gasteiger partial charge in [0.15, 0.2) is 0 Å². The summed E-state index contributed by atoms with van der Waals surface area (Å²) in [6, 6.07) is 5.23. The van der Waals surface area contributed by atoms with E-state index in [4.69, 9.17) is 11.6 Å². The number of anilines is 1. The number of hydrogen-bond acceptors (Lipinski definition) is 4. The second-order valence-corrected chi connectivity index (χ2v) is 6.08. The molecule has 0 unspecified atom stereocenters. The number of carbonyl (C=O) groups excluding carboxylic acids is 1. The Balaban J connectivity index is 2.12. The number of hydrogen-bond donors (Lipinski definition) is 2. The highest BCUT2D eigenvalue weighted by atomic mass is 35.5. The van der Waals surface area contributed by atoms with Gasteiger partial charge in [0.1, 0.15) is 12.7 Å². The fourth-order valence-corrected chi connectivity index (χ4v) is 1.95. The summed E-state index contributed by atoms with van der Waals surface area (Å²) in [4.78, 5) is 16.1. The normalized spacial score (nSPS) is 11.5. The van der Waals surface area contributed by atoms with Gasteiger partial charge in [-0.25, -0.2) is 9.67 Å². The van der Waals surface area contributed by atoms with Gasteiger partial charge in [-0.1, -0.05) is 18.5 Å². The van der Waals surface area contributed by atoms with Gasteiger partial charge < -0.3 is 10.6 Å². The molecule has 1 amide bonds. The van der Waals surface area contributed by atoms with E-state index in [0.717, 1.165) is 6.42 Å². The molecule has 2 rings (SSSR count). The third-order valence-electron chi connectivity index (χ3n) is 3.51. The van der Waals surface area contributed by atoms with Crippen LogP contribution >= 0.6 is 11.6 Å². The van der Waals surface area contributed by atoms with E-state index in [9.17, 15) is 4.79 Å². The Morgan fingerprint density at radius 1 is 1.41 bits per heavy atom. The maximum absolute atomic E-state index is 12.1. The van der Waals surface area contributed by atoms with Crippen LogP contribution in [-0.2, 0) is 4.79 Å². The number of carbonyl (C=O) groups is 1. The molecule has 0 aliphatic heterocycles. The van der Waals surface area contributed by atoms with Crippen molar-refractivity contribution in [2.24, 2.45) is 0 Å². The van der Waals surface area contributed by atoms with Crippen LogP contribution in [0.25, 0.3) is 5.69 Å². The van der Waals surface area contributed by atoms with Crippen molar-refractivity contribution in [2.45, 2.75) is 32.7 Å². The van der Waals surface area contributed by atoms with Crippen molar-refractivity contribution in [1.29, 1.82) is 0 Å². The third kappa shape index (κ3) is 4.29. The van der Waals surface area contributed by atoms with Gasteiger partial charge in [-0.15, -0.1) is 0 Å². The molecule has 0 aliphatic rings. The molecular formula is C15H20ClN5O. The molecule has 22 heavy (non-hydrogen) atoms. The first-order valence-electron chi connectivity index (χ1n) is 7.11. The lowest BCUT2D eigenvalue weighted by molar-refractivity contribution is -0.115. The molecule has 6 nitrogen and oxygen atoms in total. The van der Waals surface area contributed by atoms with Crippen LogP contribution in [0.2, 0.25) is 5.02 Å². The molecule has 0 aliphatic carbocycles. The number of halogens is 1. The van der Waals surface area contributed by atoms with Gasteiger partial charge >= 0.3 is 0 Å². The van der Waals surface area contributed by atoms with Crippen molar-refractivity contribution in [3.05, 3.63) is 35.9 Å². The quantitative estimate of drug-likeness (QED) is 0.858. The van der Waals surface area contributed by atoms with E-state index in [-0.39, 0.29) is 18.0 Å². The average Bonchev–Trinajstić information content (AvgIpc) is 2.99. The van der Waals surface area contributed by atoms with E-state index in [1.165, 1.54) is 6.33 Å². The van der Waals surface area contributed by atoms with Crippen LogP contribution in [0.1, 0.15) is 27.2 Å². The number of nitrogens with one attached hydrogen (secondary N) is 2. The van der Waals surface area contributed by atoms with Gasteiger partial charge in [0, 0.05) is 10.6 Å².